The molecule has 0 amide bonds. The Kier molecular flexibility index (Phi) is 2.68. The first-order valence-electron chi connectivity index (χ1n) is 5.60. The van der Waals surface area contributed by atoms with Crippen LogP contribution in [-0.4, -0.2) is 30.9 Å². The summed E-state index contributed by atoms with van der Waals surface area (Å²) in [6, 6.07) is 9.18. The van der Waals surface area contributed by atoms with Crippen LogP contribution in [0, 0.1) is 0 Å². The third-order valence-electron chi connectivity index (χ3n) is 2.58. The SMILES string of the molecule is O=C(O)c1ccccc1Oc1ccc2n[nH]c(=O)n2n1. The largest absolute Gasteiger partial charge is 0.478 e. The molecule has 1 aromatic carbocycles. The molecule has 0 saturated carbocycles. The van der Waals surface area contributed by atoms with Gasteiger partial charge in [-0.3, -0.25) is 0 Å². The van der Waals surface area contributed by atoms with Gasteiger partial charge in [0, 0.05) is 6.07 Å². The van der Waals surface area contributed by atoms with Crippen molar-refractivity contribution in [2.75, 3.05) is 0 Å². The molecule has 0 atom stereocenters. The Morgan fingerprint density at radius 3 is 2.85 bits per heavy atom. The second-order valence-electron chi connectivity index (χ2n) is 3.87. The van der Waals surface area contributed by atoms with Crippen molar-refractivity contribution in [1.29, 1.82) is 0 Å². The summed E-state index contributed by atoms with van der Waals surface area (Å²) < 4.78 is 6.44. The zero-order valence-corrected chi connectivity index (χ0v) is 9.98. The standard InChI is InChI=1S/C12H8N4O4/c17-11(18)7-3-1-2-4-8(7)20-10-6-5-9-13-14-12(19)16(9)15-10/h1-6H,(H,14,19)(H,17,18). The van der Waals surface area contributed by atoms with Crippen LogP contribution in [0.15, 0.2) is 41.2 Å². The average molecular weight is 272 g/mol. The van der Waals surface area contributed by atoms with E-state index in [0.29, 0.717) is 5.65 Å². The van der Waals surface area contributed by atoms with Crippen LogP contribution in [0.1, 0.15) is 10.4 Å². The van der Waals surface area contributed by atoms with Crippen molar-refractivity contribution in [2.24, 2.45) is 0 Å². The number of hydrogen-bond donors (Lipinski definition) is 2. The van der Waals surface area contributed by atoms with E-state index in [1.807, 2.05) is 0 Å². The van der Waals surface area contributed by atoms with Gasteiger partial charge < -0.3 is 9.84 Å². The van der Waals surface area contributed by atoms with Gasteiger partial charge in [-0.15, -0.1) is 5.10 Å². The van der Waals surface area contributed by atoms with Crippen molar-refractivity contribution < 1.29 is 14.6 Å². The Morgan fingerprint density at radius 2 is 2.05 bits per heavy atom. The molecule has 3 aromatic rings. The third-order valence-corrected chi connectivity index (χ3v) is 2.58. The molecule has 100 valence electrons. The summed E-state index contributed by atoms with van der Waals surface area (Å²) in [5.74, 6) is -0.875. The Hall–Kier alpha value is -3.16. The predicted octanol–water partition coefficient (Wildman–Crippen LogP) is 0.908. The normalized spacial score (nSPS) is 10.6. The van der Waals surface area contributed by atoms with Gasteiger partial charge in [-0.1, -0.05) is 12.1 Å². The van der Waals surface area contributed by atoms with Crippen LogP contribution in [0.4, 0.5) is 0 Å². The van der Waals surface area contributed by atoms with E-state index in [-0.39, 0.29) is 17.2 Å². The maximum absolute atomic E-state index is 11.4. The van der Waals surface area contributed by atoms with E-state index in [4.69, 9.17) is 9.84 Å². The smallest absolute Gasteiger partial charge is 0.364 e. The van der Waals surface area contributed by atoms with E-state index in [0.717, 1.165) is 4.52 Å². The van der Waals surface area contributed by atoms with Crippen molar-refractivity contribution in [2.45, 2.75) is 0 Å². The Labute approximate surface area is 111 Å². The number of nitrogens with one attached hydrogen (secondary N) is 1. The molecule has 0 aliphatic carbocycles. The second-order valence-corrected chi connectivity index (χ2v) is 3.87. The van der Waals surface area contributed by atoms with Gasteiger partial charge in [0.1, 0.15) is 11.3 Å². The van der Waals surface area contributed by atoms with E-state index in [9.17, 15) is 9.59 Å². The number of carboxylic acids is 1. The molecule has 0 aliphatic rings. The first kappa shape index (κ1) is 11.9. The first-order chi connectivity index (χ1) is 9.65. The highest BCUT2D eigenvalue weighted by atomic mass is 16.5. The summed E-state index contributed by atoms with van der Waals surface area (Å²) in [7, 11) is 0. The van der Waals surface area contributed by atoms with Crippen LogP contribution >= 0.6 is 0 Å². The predicted molar refractivity (Wildman–Crippen MR) is 67.1 cm³/mol. The number of H-pyrrole nitrogens is 1. The highest BCUT2D eigenvalue weighted by molar-refractivity contribution is 5.90. The van der Waals surface area contributed by atoms with E-state index >= 15 is 0 Å². The third kappa shape index (κ3) is 1.99. The number of carbonyl (C=O) groups is 1. The molecular weight excluding hydrogens is 264 g/mol. The number of aromatic amines is 1. The fraction of sp³-hybridized carbons (Fsp3) is 0. The lowest BCUT2D eigenvalue weighted by Gasteiger charge is -2.07. The van der Waals surface area contributed by atoms with Gasteiger partial charge in [-0.2, -0.15) is 9.61 Å². The van der Waals surface area contributed by atoms with Gasteiger partial charge in [0.25, 0.3) is 0 Å². The van der Waals surface area contributed by atoms with Crippen LogP contribution in [0.25, 0.3) is 5.65 Å². The van der Waals surface area contributed by atoms with E-state index in [2.05, 4.69) is 15.3 Å². The molecule has 0 aliphatic heterocycles. The number of hydrogen-bond acceptors (Lipinski definition) is 5. The number of ether oxygens (including phenoxy) is 1. The molecule has 20 heavy (non-hydrogen) atoms. The minimum atomic E-state index is -1.11. The quantitative estimate of drug-likeness (QED) is 0.733. The van der Waals surface area contributed by atoms with Crippen molar-refractivity contribution in [3.05, 3.63) is 52.4 Å². The fourth-order valence-corrected chi connectivity index (χ4v) is 1.69. The van der Waals surface area contributed by atoms with Gasteiger partial charge >= 0.3 is 11.7 Å². The Balaban J connectivity index is 2.03. The first-order valence-corrected chi connectivity index (χ1v) is 5.60. The van der Waals surface area contributed by atoms with E-state index < -0.39 is 11.7 Å². The second kappa shape index (κ2) is 4.50. The number of rotatable bonds is 3. The summed E-state index contributed by atoms with van der Waals surface area (Å²) >= 11 is 0. The lowest BCUT2D eigenvalue weighted by atomic mass is 10.2. The Bertz CT molecular complexity index is 852. The van der Waals surface area contributed by atoms with Gasteiger partial charge in [-0.05, 0) is 18.2 Å². The monoisotopic (exact) mass is 272 g/mol. The maximum Gasteiger partial charge on any atom is 0.364 e. The topological polar surface area (TPSA) is 110 Å². The average Bonchev–Trinajstić information content (AvgIpc) is 2.81. The minimum absolute atomic E-state index is 0.00828. The molecule has 0 saturated heterocycles. The summed E-state index contributed by atoms with van der Waals surface area (Å²) in [4.78, 5) is 22.5. The van der Waals surface area contributed by atoms with Gasteiger partial charge in [0.05, 0.1) is 0 Å². The molecule has 0 fully saturated rings. The van der Waals surface area contributed by atoms with Gasteiger partial charge in [0.15, 0.2) is 5.65 Å². The zero-order chi connectivity index (χ0) is 14.1. The van der Waals surface area contributed by atoms with Crippen LogP contribution in [0.5, 0.6) is 11.6 Å². The highest BCUT2D eigenvalue weighted by Crippen LogP contribution is 2.23. The lowest BCUT2D eigenvalue weighted by Crippen LogP contribution is -2.12. The number of carboxylic acid groups (broad SMARTS) is 1. The maximum atomic E-state index is 11.4. The molecule has 0 spiro atoms. The van der Waals surface area contributed by atoms with Crippen LogP contribution in [-0.2, 0) is 0 Å². The number of fused-ring (bicyclic) bond motifs is 1. The summed E-state index contributed by atoms with van der Waals surface area (Å²) in [6.45, 7) is 0. The lowest BCUT2D eigenvalue weighted by molar-refractivity contribution is 0.0694. The van der Waals surface area contributed by atoms with Crippen molar-refractivity contribution in [1.82, 2.24) is 19.8 Å². The van der Waals surface area contributed by atoms with E-state index in [1.54, 1.807) is 12.1 Å². The number of benzene rings is 1. The van der Waals surface area contributed by atoms with Gasteiger partial charge in [-0.25, -0.2) is 14.7 Å². The zero-order valence-electron chi connectivity index (χ0n) is 9.98. The van der Waals surface area contributed by atoms with Crippen molar-refractivity contribution in [3.63, 3.8) is 0 Å². The van der Waals surface area contributed by atoms with Crippen molar-refractivity contribution in [3.8, 4) is 11.6 Å². The molecule has 8 nitrogen and oxygen atoms in total. The molecule has 0 bridgehead atoms. The van der Waals surface area contributed by atoms with Crippen molar-refractivity contribution >= 4 is 11.6 Å². The molecule has 2 aromatic heterocycles. The molecule has 0 radical (unpaired) electrons. The van der Waals surface area contributed by atoms with Crippen LogP contribution < -0.4 is 10.4 Å². The number of aromatic carboxylic acids is 1. The molecule has 8 heteroatoms. The van der Waals surface area contributed by atoms with E-state index in [1.165, 1.54) is 24.3 Å². The minimum Gasteiger partial charge on any atom is -0.478 e. The summed E-state index contributed by atoms with van der Waals surface area (Å²) in [6.07, 6.45) is 0. The number of nitrogens with zero attached hydrogens (tertiary/aromatic N) is 3. The number of para-hydroxylation sites is 1. The molecule has 3 rings (SSSR count). The van der Waals surface area contributed by atoms with Crippen LogP contribution in [0.2, 0.25) is 0 Å². The highest BCUT2D eigenvalue weighted by Gasteiger charge is 2.12. The molecular formula is C12H8N4O4. The summed E-state index contributed by atoms with van der Waals surface area (Å²) in [5.41, 5.74) is -0.153. The number of aromatic nitrogens is 4. The molecule has 2 N–H and O–H groups in total. The van der Waals surface area contributed by atoms with Crippen LogP contribution in [0.3, 0.4) is 0 Å². The Morgan fingerprint density at radius 1 is 1.25 bits per heavy atom. The fourth-order valence-electron chi connectivity index (χ4n) is 1.69. The summed E-state index contributed by atoms with van der Waals surface area (Å²) in [5, 5.41) is 18.9. The van der Waals surface area contributed by atoms with Gasteiger partial charge in [0.2, 0.25) is 5.88 Å². The molecule has 0 unspecified atom stereocenters. The molecule has 2 heterocycles.